The molecule has 2 bridgehead atoms. The third-order valence-corrected chi connectivity index (χ3v) is 5.47. The van der Waals surface area contributed by atoms with Gasteiger partial charge in [0.15, 0.2) is 0 Å². The molecule has 5 nitrogen and oxygen atoms in total. The maximum absolute atomic E-state index is 12.5. The summed E-state index contributed by atoms with van der Waals surface area (Å²) in [6, 6.07) is 0. The van der Waals surface area contributed by atoms with Crippen molar-refractivity contribution in [1.29, 1.82) is 0 Å². The summed E-state index contributed by atoms with van der Waals surface area (Å²) in [5.41, 5.74) is 0. The smallest absolute Gasteiger partial charge is 0.240 e. The Balaban J connectivity index is 1.72. The fourth-order valence-electron chi connectivity index (χ4n) is 3.57. The van der Waals surface area contributed by atoms with Crippen molar-refractivity contribution < 1.29 is 9.59 Å². The molecule has 1 aromatic rings. The van der Waals surface area contributed by atoms with E-state index in [0.717, 1.165) is 17.8 Å². The molecule has 2 amide bonds. The maximum Gasteiger partial charge on any atom is 0.240 e. The van der Waals surface area contributed by atoms with Crippen LogP contribution in [0.1, 0.15) is 18.4 Å². The molecule has 2 heterocycles. The fraction of sp³-hybridized carbons (Fsp3) is 0.538. The van der Waals surface area contributed by atoms with Crippen molar-refractivity contribution in [1.82, 2.24) is 10.2 Å². The van der Waals surface area contributed by atoms with Gasteiger partial charge >= 0.3 is 0 Å². The molecule has 0 radical (unpaired) electrons. The third-order valence-electron chi connectivity index (χ3n) is 4.42. The molecule has 19 heavy (non-hydrogen) atoms. The van der Waals surface area contributed by atoms with Crippen LogP contribution in [0.3, 0.4) is 0 Å². The van der Waals surface area contributed by atoms with Crippen LogP contribution in [0, 0.1) is 23.7 Å². The van der Waals surface area contributed by atoms with E-state index in [1.54, 1.807) is 0 Å². The van der Waals surface area contributed by atoms with Gasteiger partial charge in [-0.15, -0.1) is 10.2 Å². The second-order valence-electron chi connectivity index (χ2n) is 5.34. The molecule has 2 aliphatic carbocycles. The molecule has 1 saturated carbocycles. The molecule has 6 heteroatoms. The molecule has 0 unspecified atom stereocenters. The highest BCUT2D eigenvalue weighted by atomic mass is 32.1. The first-order valence-electron chi connectivity index (χ1n) is 6.59. The van der Waals surface area contributed by atoms with E-state index in [-0.39, 0.29) is 35.5 Å². The van der Waals surface area contributed by atoms with Crippen LogP contribution in [-0.4, -0.2) is 22.0 Å². The van der Waals surface area contributed by atoms with Crippen molar-refractivity contribution in [3.8, 4) is 0 Å². The summed E-state index contributed by atoms with van der Waals surface area (Å²) < 4.78 is 0. The highest BCUT2D eigenvalue weighted by molar-refractivity contribution is 7.15. The predicted octanol–water partition coefficient (Wildman–Crippen LogP) is 1.41. The number of imide groups is 1. The lowest BCUT2D eigenvalue weighted by molar-refractivity contribution is -0.123. The van der Waals surface area contributed by atoms with E-state index in [1.165, 1.54) is 16.2 Å². The van der Waals surface area contributed by atoms with Crippen LogP contribution in [0.4, 0.5) is 5.13 Å². The lowest BCUT2D eigenvalue weighted by Gasteiger charge is -2.14. The minimum Gasteiger partial charge on any atom is -0.274 e. The van der Waals surface area contributed by atoms with Gasteiger partial charge in [0.1, 0.15) is 5.01 Å². The fourth-order valence-corrected chi connectivity index (χ4v) is 4.36. The number of aromatic nitrogens is 2. The molecule has 0 aromatic carbocycles. The first-order valence-corrected chi connectivity index (χ1v) is 7.41. The molecule has 0 spiro atoms. The van der Waals surface area contributed by atoms with Gasteiger partial charge in [-0.2, -0.15) is 0 Å². The Morgan fingerprint density at radius 1 is 1.21 bits per heavy atom. The Hall–Kier alpha value is -1.56. The maximum atomic E-state index is 12.5. The molecule has 0 N–H and O–H groups in total. The summed E-state index contributed by atoms with van der Waals surface area (Å²) in [7, 11) is 0. The van der Waals surface area contributed by atoms with Crippen molar-refractivity contribution in [2.24, 2.45) is 23.7 Å². The Morgan fingerprint density at radius 2 is 1.84 bits per heavy atom. The predicted molar refractivity (Wildman–Crippen MR) is 69.5 cm³/mol. The van der Waals surface area contributed by atoms with Gasteiger partial charge in [-0.05, 0) is 24.7 Å². The van der Waals surface area contributed by atoms with Gasteiger partial charge in [0.2, 0.25) is 16.9 Å². The number of anilines is 1. The van der Waals surface area contributed by atoms with Crippen LogP contribution < -0.4 is 4.90 Å². The van der Waals surface area contributed by atoms with Crippen LogP contribution in [0.2, 0.25) is 0 Å². The molecular weight excluding hydrogens is 262 g/mol. The molecule has 1 saturated heterocycles. The van der Waals surface area contributed by atoms with Crippen molar-refractivity contribution in [2.45, 2.75) is 19.8 Å². The second-order valence-corrected chi connectivity index (χ2v) is 6.38. The van der Waals surface area contributed by atoms with E-state index in [1.807, 2.05) is 6.92 Å². The average molecular weight is 275 g/mol. The summed E-state index contributed by atoms with van der Waals surface area (Å²) in [4.78, 5) is 26.3. The second kappa shape index (κ2) is 3.72. The molecular formula is C13H13N3O2S. The summed E-state index contributed by atoms with van der Waals surface area (Å²) in [6.45, 7) is 1.98. The van der Waals surface area contributed by atoms with Gasteiger partial charge in [0.25, 0.3) is 0 Å². The number of nitrogens with zero attached hydrogens (tertiary/aromatic N) is 3. The number of allylic oxidation sites excluding steroid dienone is 2. The van der Waals surface area contributed by atoms with Crippen molar-refractivity contribution in [3.63, 3.8) is 0 Å². The zero-order chi connectivity index (χ0) is 13.1. The monoisotopic (exact) mass is 275 g/mol. The summed E-state index contributed by atoms with van der Waals surface area (Å²) >= 11 is 1.34. The topological polar surface area (TPSA) is 63.2 Å². The molecule has 1 aromatic heterocycles. The van der Waals surface area contributed by atoms with E-state index >= 15 is 0 Å². The van der Waals surface area contributed by atoms with Crippen LogP contribution in [0.25, 0.3) is 0 Å². The minimum atomic E-state index is -0.156. The molecule has 98 valence electrons. The van der Waals surface area contributed by atoms with Gasteiger partial charge in [-0.1, -0.05) is 30.4 Å². The minimum absolute atomic E-state index is 0.0781. The number of amides is 2. The quantitative estimate of drug-likeness (QED) is 0.605. The Bertz CT molecular complexity index is 579. The van der Waals surface area contributed by atoms with Gasteiger partial charge in [0, 0.05) is 0 Å². The van der Waals surface area contributed by atoms with Crippen LogP contribution in [0.5, 0.6) is 0 Å². The number of fused-ring (bicyclic) bond motifs is 5. The number of rotatable bonds is 2. The highest BCUT2D eigenvalue weighted by Gasteiger charge is 2.60. The highest BCUT2D eigenvalue weighted by Crippen LogP contribution is 2.53. The Morgan fingerprint density at radius 3 is 2.37 bits per heavy atom. The summed E-state index contributed by atoms with van der Waals surface area (Å²) in [6.07, 6.45) is 5.92. The number of hydrogen-bond acceptors (Lipinski definition) is 5. The van der Waals surface area contributed by atoms with E-state index in [4.69, 9.17) is 0 Å². The van der Waals surface area contributed by atoms with Gasteiger partial charge in [0.05, 0.1) is 11.8 Å². The third kappa shape index (κ3) is 1.35. The molecule has 4 rings (SSSR count). The molecule has 4 atom stereocenters. The largest absolute Gasteiger partial charge is 0.274 e. The number of carbonyl (C=O) groups is 2. The first kappa shape index (κ1) is 11.3. The lowest BCUT2D eigenvalue weighted by Crippen LogP contribution is -2.32. The average Bonchev–Trinajstić information content (AvgIpc) is 3.14. The lowest BCUT2D eigenvalue weighted by atomic mass is 9.85. The van der Waals surface area contributed by atoms with Gasteiger partial charge < -0.3 is 0 Å². The van der Waals surface area contributed by atoms with Crippen molar-refractivity contribution >= 4 is 28.3 Å². The van der Waals surface area contributed by atoms with E-state index in [2.05, 4.69) is 22.3 Å². The van der Waals surface area contributed by atoms with E-state index in [0.29, 0.717) is 5.13 Å². The van der Waals surface area contributed by atoms with Crippen LogP contribution >= 0.6 is 11.3 Å². The molecule has 3 aliphatic rings. The summed E-state index contributed by atoms with van der Waals surface area (Å²) in [5.74, 6) is 0.0225. The first-order chi connectivity index (χ1) is 9.20. The van der Waals surface area contributed by atoms with Gasteiger partial charge in [-0.3, -0.25) is 9.59 Å². The SMILES string of the molecule is CCc1nnc(N2C(=O)[C@@H]3[C@H](C2=O)[C@H]2C=C[C@@H]3C2)s1. The Labute approximate surface area is 114 Å². The molecule has 1 aliphatic heterocycles. The van der Waals surface area contributed by atoms with Crippen LogP contribution in [-0.2, 0) is 16.0 Å². The normalized spacial score (nSPS) is 35.5. The van der Waals surface area contributed by atoms with Gasteiger partial charge in [-0.25, -0.2) is 4.90 Å². The van der Waals surface area contributed by atoms with Crippen molar-refractivity contribution in [3.05, 3.63) is 17.2 Å². The Kier molecular flexibility index (Phi) is 2.21. The molecule has 2 fully saturated rings. The van der Waals surface area contributed by atoms with Crippen LogP contribution in [0.15, 0.2) is 12.2 Å². The summed E-state index contributed by atoms with van der Waals surface area (Å²) in [5, 5.41) is 9.30. The van der Waals surface area contributed by atoms with E-state index in [9.17, 15) is 9.59 Å². The zero-order valence-corrected chi connectivity index (χ0v) is 11.3. The standard InChI is InChI=1S/C13H13N3O2S/c1-2-8-14-15-13(19-8)16-11(17)9-6-3-4-7(5-6)10(9)12(16)18/h3-4,6-7,9-10H,2,5H2,1H3/t6-,7+,9+,10-. The number of carbonyl (C=O) groups excluding carboxylic acids is 2. The number of hydrogen-bond donors (Lipinski definition) is 0. The van der Waals surface area contributed by atoms with E-state index < -0.39 is 0 Å². The number of aryl methyl sites for hydroxylation is 1. The van der Waals surface area contributed by atoms with Crippen molar-refractivity contribution in [2.75, 3.05) is 4.90 Å². The zero-order valence-electron chi connectivity index (χ0n) is 10.4.